The molecule has 1 N–H and O–H groups in total. The van der Waals surface area contributed by atoms with Crippen LogP contribution in [0.5, 0.6) is 0 Å². The van der Waals surface area contributed by atoms with Crippen LogP contribution >= 0.6 is 0 Å². The molecule has 21 heavy (non-hydrogen) atoms. The number of hydrogen-bond acceptors (Lipinski definition) is 5. The Morgan fingerprint density at radius 2 is 2.10 bits per heavy atom. The van der Waals surface area contributed by atoms with Gasteiger partial charge < -0.3 is 4.74 Å². The molecule has 8 heteroatoms. The Balaban J connectivity index is 2.12. The summed E-state index contributed by atoms with van der Waals surface area (Å²) in [5, 5.41) is 0. The van der Waals surface area contributed by atoms with Gasteiger partial charge in [-0.2, -0.15) is 12.7 Å². The molecule has 1 fully saturated rings. The first-order valence-corrected chi connectivity index (χ1v) is 8.34. The number of morpholine rings is 1. The lowest BCUT2D eigenvalue weighted by Gasteiger charge is -2.34. The standard InChI is InChI=1S/C13H22N4O3S/c1-16(2)21(18,19)15-11-13(12-5-3-4-6-14-12)17-7-9-20-10-8-17/h3-6,13,15H,7-11H2,1-2H3. The first kappa shape index (κ1) is 16.3. The molecule has 2 heterocycles. The van der Waals surface area contributed by atoms with Crippen molar-refractivity contribution in [1.82, 2.24) is 18.9 Å². The number of pyridine rings is 1. The van der Waals surface area contributed by atoms with Crippen LogP contribution in [0, 0.1) is 0 Å². The third kappa shape index (κ3) is 4.45. The van der Waals surface area contributed by atoms with Crippen molar-refractivity contribution in [1.29, 1.82) is 0 Å². The van der Waals surface area contributed by atoms with Gasteiger partial charge in [0.1, 0.15) is 0 Å². The Labute approximate surface area is 126 Å². The van der Waals surface area contributed by atoms with Crippen LogP contribution in [0.15, 0.2) is 24.4 Å². The van der Waals surface area contributed by atoms with E-state index in [-0.39, 0.29) is 12.6 Å². The van der Waals surface area contributed by atoms with Crippen molar-refractivity contribution >= 4 is 10.2 Å². The van der Waals surface area contributed by atoms with E-state index in [4.69, 9.17) is 4.74 Å². The van der Waals surface area contributed by atoms with E-state index in [1.54, 1.807) is 6.20 Å². The maximum Gasteiger partial charge on any atom is 0.278 e. The minimum Gasteiger partial charge on any atom is -0.379 e. The minimum atomic E-state index is -3.44. The molecule has 1 aliphatic heterocycles. The molecule has 0 radical (unpaired) electrons. The van der Waals surface area contributed by atoms with Gasteiger partial charge in [0.15, 0.2) is 0 Å². The zero-order valence-corrected chi connectivity index (χ0v) is 13.2. The largest absolute Gasteiger partial charge is 0.379 e. The summed E-state index contributed by atoms with van der Waals surface area (Å²) in [6.07, 6.45) is 1.73. The van der Waals surface area contributed by atoms with Crippen LogP contribution in [-0.2, 0) is 14.9 Å². The molecule has 1 unspecified atom stereocenters. The van der Waals surface area contributed by atoms with E-state index < -0.39 is 10.2 Å². The summed E-state index contributed by atoms with van der Waals surface area (Å²) >= 11 is 0. The van der Waals surface area contributed by atoms with Gasteiger partial charge in [0.05, 0.1) is 24.9 Å². The summed E-state index contributed by atoms with van der Waals surface area (Å²) < 4.78 is 33.0. The Hall–Kier alpha value is -1.06. The van der Waals surface area contributed by atoms with Crippen molar-refractivity contribution in [2.45, 2.75) is 6.04 Å². The van der Waals surface area contributed by atoms with Crippen LogP contribution < -0.4 is 4.72 Å². The van der Waals surface area contributed by atoms with Gasteiger partial charge in [0.25, 0.3) is 10.2 Å². The van der Waals surface area contributed by atoms with Gasteiger partial charge >= 0.3 is 0 Å². The van der Waals surface area contributed by atoms with Crippen LogP contribution in [0.3, 0.4) is 0 Å². The highest BCUT2D eigenvalue weighted by atomic mass is 32.2. The molecule has 118 valence electrons. The second-order valence-corrected chi connectivity index (χ2v) is 7.02. The predicted octanol–water partition coefficient (Wildman–Crippen LogP) is -0.149. The fourth-order valence-corrected chi connectivity index (χ4v) is 2.82. The summed E-state index contributed by atoms with van der Waals surface area (Å²) in [7, 11) is -0.429. The molecule has 1 aromatic heterocycles. The van der Waals surface area contributed by atoms with Crippen molar-refractivity contribution in [3.05, 3.63) is 30.1 Å². The predicted molar refractivity (Wildman–Crippen MR) is 80.0 cm³/mol. The third-order valence-electron chi connectivity index (χ3n) is 3.46. The van der Waals surface area contributed by atoms with Crippen LogP contribution in [-0.4, -0.2) is 69.6 Å². The molecule has 0 amide bonds. The Kier molecular flexibility index (Phi) is 5.65. The summed E-state index contributed by atoms with van der Waals surface area (Å²) in [6.45, 7) is 3.14. The Morgan fingerprint density at radius 3 is 2.67 bits per heavy atom. The summed E-state index contributed by atoms with van der Waals surface area (Å²) in [6, 6.07) is 5.59. The van der Waals surface area contributed by atoms with Crippen LogP contribution in [0.4, 0.5) is 0 Å². The lowest BCUT2D eigenvalue weighted by molar-refractivity contribution is 0.0163. The van der Waals surface area contributed by atoms with Gasteiger partial charge in [-0.05, 0) is 12.1 Å². The molecule has 0 aromatic carbocycles. The van der Waals surface area contributed by atoms with Crippen molar-refractivity contribution in [3.63, 3.8) is 0 Å². The van der Waals surface area contributed by atoms with Crippen LogP contribution in [0.2, 0.25) is 0 Å². The normalized spacial score (nSPS) is 18.8. The second-order valence-electron chi connectivity index (χ2n) is 5.05. The lowest BCUT2D eigenvalue weighted by Crippen LogP contribution is -2.46. The number of rotatable bonds is 6. The van der Waals surface area contributed by atoms with Crippen molar-refractivity contribution < 1.29 is 13.2 Å². The fourth-order valence-electron chi connectivity index (χ4n) is 2.20. The summed E-state index contributed by atoms with van der Waals surface area (Å²) in [5.41, 5.74) is 0.862. The highest BCUT2D eigenvalue weighted by Crippen LogP contribution is 2.19. The van der Waals surface area contributed by atoms with Gasteiger partial charge in [-0.1, -0.05) is 6.07 Å². The fraction of sp³-hybridized carbons (Fsp3) is 0.615. The molecule has 1 atom stereocenters. The Bertz CT molecular complexity index is 530. The molecule has 1 aliphatic rings. The molecule has 0 spiro atoms. The molecule has 2 rings (SSSR count). The molecule has 0 bridgehead atoms. The molecule has 7 nitrogen and oxygen atoms in total. The smallest absolute Gasteiger partial charge is 0.278 e. The van der Waals surface area contributed by atoms with Gasteiger partial charge in [-0.25, -0.2) is 4.72 Å². The maximum absolute atomic E-state index is 11.9. The SMILES string of the molecule is CN(C)S(=O)(=O)NCC(c1ccccn1)N1CCOCC1. The topological polar surface area (TPSA) is 74.8 Å². The number of nitrogens with zero attached hydrogens (tertiary/aromatic N) is 3. The first-order valence-electron chi connectivity index (χ1n) is 6.90. The summed E-state index contributed by atoms with van der Waals surface area (Å²) in [4.78, 5) is 6.57. The minimum absolute atomic E-state index is 0.0928. The monoisotopic (exact) mass is 314 g/mol. The van der Waals surface area contributed by atoms with E-state index in [2.05, 4.69) is 14.6 Å². The molecule has 1 saturated heterocycles. The lowest BCUT2D eigenvalue weighted by atomic mass is 10.1. The molecular weight excluding hydrogens is 292 g/mol. The number of nitrogens with one attached hydrogen (secondary N) is 1. The number of ether oxygens (including phenoxy) is 1. The quantitative estimate of drug-likeness (QED) is 0.790. The molecular formula is C13H22N4O3S. The van der Waals surface area contributed by atoms with Crippen molar-refractivity contribution in [2.75, 3.05) is 46.9 Å². The highest BCUT2D eigenvalue weighted by molar-refractivity contribution is 7.87. The van der Waals surface area contributed by atoms with Crippen molar-refractivity contribution in [3.8, 4) is 0 Å². The highest BCUT2D eigenvalue weighted by Gasteiger charge is 2.25. The average molecular weight is 314 g/mol. The van der Waals surface area contributed by atoms with Gasteiger partial charge in [0, 0.05) is 39.9 Å². The van der Waals surface area contributed by atoms with E-state index in [1.165, 1.54) is 18.4 Å². The maximum atomic E-state index is 11.9. The van der Waals surface area contributed by atoms with E-state index in [0.717, 1.165) is 18.8 Å². The van der Waals surface area contributed by atoms with E-state index in [1.807, 2.05) is 18.2 Å². The van der Waals surface area contributed by atoms with Crippen LogP contribution in [0.1, 0.15) is 11.7 Å². The molecule has 1 aromatic rings. The number of hydrogen-bond donors (Lipinski definition) is 1. The molecule has 0 saturated carbocycles. The second kappa shape index (κ2) is 7.28. The van der Waals surface area contributed by atoms with E-state index in [0.29, 0.717) is 13.2 Å². The van der Waals surface area contributed by atoms with E-state index >= 15 is 0 Å². The van der Waals surface area contributed by atoms with Gasteiger partial charge in [-0.3, -0.25) is 9.88 Å². The summed E-state index contributed by atoms with van der Waals surface area (Å²) in [5.74, 6) is 0. The van der Waals surface area contributed by atoms with Crippen molar-refractivity contribution in [2.24, 2.45) is 0 Å². The van der Waals surface area contributed by atoms with E-state index in [9.17, 15) is 8.42 Å². The zero-order valence-electron chi connectivity index (χ0n) is 12.4. The van der Waals surface area contributed by atoms with Gasteiger partial charge in [0.2, 0.25) is 0 Å². The third-order valence-corrected chi connectivity index (χ3v) is 4.95. The van der Waals surface area contributed by atoms with Crippen LogP contribution in [0.25, 0.3) is 0 Å². The average Bonchev–Trinajstić information content (AvgIpc) is 2.49. The molecule has 0 aliphatic carbocycles. The Morgan fingerprint density at radius 1 is 1.38 bits per heavy atom. The van der Waals surface area contributed by atoms with Gasteiger partial charge in [-0.15, -0.1) is 0 Å². The zero-order chi connectivity index (χ0) is 15.3. The number of aromatic nitrogens is 1. The first-order chi connectivity index (χ1) is 10.0.